The van der Waals surface area contributed by atoms with Crippen LogP contribution in [0.4, 0.5) is 0 Å². The number of hydrogen-bond acceptors (Lipinski definition) is 0. The summed E-state index contributed by atoms with van der Waals surface area (Å²) in [5.74, 6) is 0.833. The van der Waals surface area contributed by atoms with Gasteiger partial charge in [0.1, 0.15) is 0 Å². The Morgan fingerprint density at radius 2 is 0.563 bits per heavy atom. The van der Waals surface area contributed by atoms with Crippen LogP contribution in [0.2, 0.25) is 0 Å². The average molecular weight is 978 g/mol. The van der Waals surface area contributed by atoms with Gasteiger partial charge in [0.25, 0.3) is 0 Å². The van der Waals surface area contributed by atoms with Crippen molar-refractivity contribution in [2.75, 3.05) is 0 Å². The molecule has 0 fully saturated rings. The van der Waals surface area contributed by atoms with E-state index in [9.17, 15) is 0 Å². The highest BCUT2D eigenvalue weighted by Crippen LogP contribution is 2.14. The Kier molecular flexibility index (Phi) is 59.6. The molecule has 0 nitrogen and oxygen atoms in total. The molecule has 5 rings (SSSR count). The third kappa shape index (κ3) is 68.2. The summed E-state index contributed by atoms with van der Waals surface area (Å²) in [6.07, 6.45) is 15.3. The summed E-state index contributed by atoms with van der Waals surface area (Å²) in [7, 11) is 0. The molecule has 0 amide bonds. The van der Waals surface area contributed by atoms with Gasteiger partial charge in [-0.15, -0.1) is 0 Å². The lowest BCUT2D eigenvalue weighted by atomic mass is 10.0. The molecular formula is C71H124. The molecule has 0 radical (unpaired) electrons. The van der Waals surface area contributed by atoms with E-state index in [4.69, 9.17) is 0 Å². The van der Waals surface area contributed by atoms with E-state index in [1.165, 1.54) is 143 Å². The Morgan fingerprint density at radius 3 is 0.803 bits per heavy atom. The zero-order chi connectivity index (χ0) is 56.4. The van der Waals surface area contributed by atoms with Crippen LogP contribution in [-0.4, -0.2) is 0 Å². The highest BCUT2D eigenvalue weighted by molar-refractivity contribution is 5.36. The monoisotopic (exact) mass is 977 g/mol. The molecule has 5 aromatic carbocycles. The highest BCUT2D eigenvalue weighted by Gasteiger charge is 1.97. The highest BCUT2D eigenvalue weighted by atomic mass is 14.0. The zero-order valence-corrected chi connectivity index (χ0v) is 53.2. The van der Waals surface area contributed by atoms with E-state index in [1.807, 2.05) is 32.0 Å². The van der Waals surface area contributed by atoms with Crippen molar-refractivity contribution in [2.45, 2.75) is 264 Å². The molecule has 0 unspecified atom stereocenters. The van der Waals surface area contributed by atoms with Gasteiger partial charge in [-0.1, -0.05) is 322 Å². The maximum Gasteiger partial charge on any atom is -0.0392 e. The quantitative estimate of drug-likeness (QED) is 0.136. The molecule has 0 aliphatic rings. The minimum Gasteiger partial charge on any atom is -0.0683 e. The second-order valence-corrected chi connectivity index (χ2v) is 21.6. The van der Waals surface area contributed by atoms with Crippen molar-refractivity contribution in [3.8, 4) is 0 Å². The van der Waals surface area contributed by atoms with Gasteiger partial charge in [0.05, 0.1) is 0 Å². The van der Waals surface area contributed by atoms with E-state index >= 15 is 0 Å². The summed E-state index contributed by atoms with van der Waals surface area (Å²) in [6, 6.07) is 36.3. The molecule has 0 aromatic heterocycles. The van der Waals surface area contributed by atoms with Gasteiger partial charge in [0.15, 0.2) is 0 Å². The molecule has 0 atom stereocenters. The van der Waals surface area contributed by atoms with Crippen molar-refractivity contribution in [2.24, 2.45) is 11.3 Å². The number of benzene rings is 5. The van der Waals surface area contributed by atoms with Crippen LogP contribution in [0, 0.1) is 101 Å². The first-order valence-electron chi connectivity index (χ1n) is 28.3. The molecule has 71 heavy (non-hydrogen) atoms. The van der Waals surface area contributed by atoms with Crippen LogP contribution in [0.3, 0.4) is 0 Å². The molecule has 0 aliphatic heterocycles. The SMILES string of the molecule is CC.CC(C)(C)C.CC(C)C.CCC.CCCCC.CCCCCCCCC.Cc1cc(C)c(C)c(C)c1.Cc1cc(C)cc(C)c1.Cc1ccc(C)c(C)c1.Cc1ccc(C)cc1.Cc1ccccc1. The van der Waals surface area contributed by atoms with Gasteiger partial charge in [0.2, 0.25) is 0 Å². The number of aryl methyl sites for hydroxylation is 12. The zero-order valence-electron chi connectivity index (χ0n) is 53.2. The Hall–Kier alpha value is -3.90. The Morgan fingerprint density at radius 1 is 0.310 bits per heavy atom. The Balaban J connectivity index is -0.000000167. The smallest absolute Gasteiger partial charge is 0.0392 e. The van der Waals surface area contributed by atoms with Crippen LogP contribution >= 0.6 is 0 Å². The first kappa shape index (κ1) is 78.5. The largest absolute Gasteiger partial charge is 0.0683 e. The number of unbranched alkanes of at least 4 members (excludes halogenated alkanes) is 8. The summed E-state index contributed by atoms with van der Waals surface area (Å²) >= 11 is 0. The summed E-state index contributed by atoms with van der Waals surface area (Å²) in [6.45, 7) is 60.1. The molecule has 408 valence electrons. The van der Waals surface area contributed by atoms with Crippen LogP contribution in [0.25, 0.3) is 0 Å². The first-order valence-corrected chi connectivity index (χ1v) is 28.3. The van der Waals surface area contributed by atoms with Crippen molar-refractivity contribution >= 4 is 0 Å². The van der Waals surface area contributed by atoms with Crippen LogP contribution in [0.5, 0.6) is 0 Å². The second-order valence-electron chi connectivity index (χ2n) is 21.6. The molecule has 5 aromatic rings. The molecule has 0 saturated heterocycles. The van der Waals surface area contributed by atoms with Crippen molar-refractivity contribution < 1.29 is 0 Å². The maximum absolute atomic E-state index is 2.26. The maximum atomic E-state index is 2.26. The van der Waals surface area contributed by atoms with Gasteiger partial charge in [-0.2, -0.15) is 0 Å². The molecule has 0 aliphatic carbocycles. The van der Waals surface area contributed by atoms with E-state index in [2.05, 4.69) is 265 Å². The topological polar surface area (TPSA) is 0 Å². The normalized spacial score (nSPS) is 9.31. The van der Waals surface area contributed by atoms with Gasteiger partial charge in [-0.3, -0.25) is 0 Å². The average Bonchev–Trinajstić information content (AvgIpc) is 3.27. The third-order valence-electron chi connectivity index (χ3n) is 9.67. The van der Waals surface area contributed by atoms with Crippen molar-refractivity contribution in [1.82, 2.24) is 0 Å². The molecule has 0 N–H and O–H groups in total. The second kappa shape index (κ2) is 53.9. The van der Waals surface area contributed by atoms with Crippen LogP contribution in [0.15, 0.2) is 103 Å². The molecule has 0 heteroatoms. The fourth-order valence-electron chi connectivity index (χ4n) is 5.90. The molecule has 0 spiro atoms. The van der Waals surface area contributed by atoms with Gasteiger partial charge in [0, 0.05) is 0 Å². The van der Waals surface area contributed by atoms with Gasteiger partial charge >= 0.3 is 0 Å². The standard InChI is InChI=1S/C10H14.2C9H12.C9H20.C8H10.C7H8.2C5H12.C4H10.C3H8.C2H6/c1-7-5-8(2)10(4)9(3)6-7;1-7-4-8(2)6-9(3)5-7;1-7-4-5-8(2)9(3)6-7;1-3-5-7-9-8-6-4-2;1-7-3-5-8(2)6-4-7;1-7-5-3-2-4-6-7;1-5(2,3)4;1-3-5-4-2;1-4(2)3;1-3-2;1-2/h5-6H,1-4H3;2*4-6H,1-3H3;3-9H2,1-2H3;3-6H,1-2H3;2-6H,1H3;1-4H3;3-5H2,1-2H3;4H,1-3H3;3H2,1-2H3;1-2H3. The molecule has 0 bridgehead atoms. The van der Waals surface area contributed by atoms with E-state index in [0.29, 0.717) is 5.41 Å². The first-order chi connectivity index (χ1) is 33.1. The minimum absolute atomic E-state index is 0.500. The Labute approximate surface area is 449 Å². The summed E-state index contributed by atoms with van der Waals surface area (Å²) in [4.78, 5) is 0. The predicted octanol–water partition coefficient (Wildman–Crippen LogP) is 24.6. The molecule has 0 saturated carbocycles. The van der Waals surface area contributed by atoms with E-state index in [0.717, 1.165) is 5.92 Å². The van der Waals surface area contributed by atoms with Crippen LogP contribution in [0.1, 0.15) is 247 Å². The van der Waals surface area contributed by atoms with E-state index < -0.39 is 0 Å². The van der Waals surface area contributed by atoms with Gasteiger partial charge < -0.3 is 0 Å². The summed E-state index contributed by atoms with van der Waals surface area (Å²) in [5, 5.41) is 0. The third-order valence-corrected chi connectivity index (χ3v) is 9.67. The lowest BCUT2D eigenvalue weighted by molar-refractivity contribution is 0.469. The van der Waals surface area contributed by atoms with E-state index in [1.54, 1.807) is 0 Å². The van der Waals surface area contributed by atoms with Crippen molar-refractivity contribution in [3.05, 3.63) is 175 Å². The summed E-state index contributed by atoms with van der Waals surface area (Å²) in [5.41, 5.74) is 18.2. The number of rotatable bonds is 8. The Bertz CT molecular complexity index is 1720. The summed E-state index contributed by atoms with van der Waals surface area (Å²) < 4.78 is 0. The predicted molar refractivity (Wildman–Crippen MR) is 336 cm³/mol. The molecule has 0 heterocycles. The lowest BCUT2D eigenvalue weighted by Crippen LogP contribution is -1.93. The molecular weight excluding hydrogens is 853 g/mol. The van der Waals surface area contributed by atoms with Crippen LogP contribution < -0.4 is 0 Å². The van der Waals surface area contributed by atoms with Crippen molar-refractivity contribution in [3.63, 3.8) is 0 Å². The van der Waals surface area contributed by atoms with Gasteiger partial charge in [-0.05, 0) is 129 Å². The van der Waals surface area contributed by atoms with Gasteiger partial charge in [-0.25, -0.2) is 0 Å². The lowest BCUT2D eigenvalue weighted by Gasteiger charge is -2.05. The van der Waals surface area contributed by atoms with Crippen LogP contribution in [-0.2, 0) is 0 Å². The fraction of sp³-hybridized carbons (Fsp3) is 0.577. The van der Waals surface area contributed by atoms with Crippen molar-refractivity contribution in [1.29, 1.82) is 0 Å². The fourth-order valence-corrected chi connectivity index (χ4v) is 5.90. The number of hydrogen-bond donors (Lipinski definition) is 0. The minimum atomic E-state index is 0.500. The van der Waals surface area contributed by atoms with E-state index in [-0.39, 0.29) is 0 Å².